The van der Waals surface area contributed by atoms with E-state index < -0.39 is 48.1 Å². The van der Waals surface area contributed by atoms with Gasteiger partial charge in [0.05, 0.1) is 18.3 Å². The third-order valence-electron chi connectivity index (χ3n) is 6.13. The van der Waals surface area contributed by atoms with E-state index >= 15 is 0 Å². The second-order valence-corrected chi connectivity index (χ2v) is 11.3. The average molecular weight is 669 g/mol. The molecule has 0 unspecified atom stereocenters. The Morgan fingerprint density at radius 1 is 1.13 bits per heavy atom. The first-order valence-electron chi connectivity index (χ1n) is 13.5. The van der Waals surface area contributed by atoms with Gasteiger partial charge < -0.3 is 29.2 Å². The molecule has 4 aromatic heterocycles. The second-order valence-electron chi connectivity index (χ2n) is 10.9. The van der Waals surface area contributed by atoms with E-state index in [1.165, 1.54) is 43.2 Å². The summed E-state index contributed by atoms with van der Waals surface area (Å²) in [5, 5.41) is 5.16. The van der Waals surface area contributed by atoms with Crippen molar-refractivity contribution in [2.45, 2.75) is 32.5 Å². The number of nitrogens with one attached hydrogen (secondary N) is 2. The van der Waals surface area contributed by atoms with Crippen LogP contribution in [0, 0.1) is 0 Å². The highest BCUT2D eigenvalue weighted by molar-refractivity contribution is 6.36. The number of pyridine rings is 3. The number of halogens is 5. The molecule has 4 heterocycles. The van der Waals surface area contributed by atoms with Gasteiger partial charge in [-0.3, -0.25) is 14.5 Å². The molecule has 0 saturated carbocycles. The van der Waals surface area contributed by atoms with Gasteiger partial charge in [-0.05, 0) is 32.9 Å². The number of hydrogen-bond donors (Lipinski definition) is 2. The number of carbonyl (C=O) groups is 2. The maximum absolute atomic E-state index is 13.3. The molecule has 0 radical (unpaired) electrons. The van der Waals surface area contributed by atoms with Crippen molar-refractivity contribution in [2.24, 2.45) is 14.1 Å². The number of aryl methyl sites for hydroxylation is 2. The molecule has 0 atom stereocenters. The largest absolute Gasteiger partial charge is 0.454 e. The first kappa shape index (κ1) is 34.0. The van der Waals surface area contributed by atoms with Gasteiger partial charge in [0.2, 0.25) is 11.9 Å². The number of anilines is 3. The van der Waals surface area contributed by atoms with Crippen LogP contribution in [0.1, 0.15) is 26.3 Å². The summed E-state index contributed by atoms with van der Waals surface area (Å²) >= 11 is 6.61. The fraction of sp³-hybridized carbons (Fsp3) is 0.357. The van der Waals surface area contributed by atoms with Gasteiger partial charge in [0.25, 0.3) is 5.56 Å². The fourth-order valence-corrected chi connectivity index (χ4v) is 4.36. The maximum Gasteiger partial charge on any atom is 0.417 e. The van der Waals surface area contributed by atoms with Gasteiger partial charge in [-0.15, -0.1) is 0 Å². The fourth-order valence-electron chi connectivity index (χ4n) is 4.06. The zero-order valence-electron chi connectivity index (χ0n) is 25.2. The molecule has 0 bridgehead atoms. The number of fused-ring (bicyclic) bond motifs is 1. The molecule has 0 aliphatic rings. The number of amides is 2. The topological polar surface area (TPSA) is 146 Å². The zero-order valence-corrected chi connectivity index (χ0v) is 26.0. The summed E-state index contributed by atoms with van der Waals surface area (Å²) in [5.74, 6) is -0.405. The summed E-state index contributed by atoms with van der Waals surface area (Å²) in [5.41, 5.74) is -2.61. The minimum atomic E-state index is -4.68. The van der Waals surface area contributed by atoms with Crippen LogP contribution in [0.25, 0.3) is 11.2 Å². The Morgan fingerprint density at radius 2 is 1.85 bits per heavy atom. The number of alkyl halides is 4. The number of nitrogens with zero attached hydrogens (tertiary/aromatic N) is 6. The van der Waals surface area contributed by atoms with Crippen molar-refractivity contribution in [3.05, 3.63) is 57.7 Å². The smallest absolute Gasteiger partial charge is 0.417 e. The van der Waals surface area contributed by atoms with Crippen molar-refractivity contribution in [2.75, 3.05) is 30.4 Å². The monoisotopic (exact) mass is 668 g/mol. The highest BCUT2D eigenvalue weighted by Gasteiger charge is 2.32. The predicted molar refractivity (Wildman–Crippen MR) is 160 cm³/mol. The van der Waals surface area contributed by atoms with E-state index in [1.807, 2.05) is 0 Å². The summed E-state index contributed by atoms with van der Waals surface area (Å²) in [4.78, 5) is 50.9. The molecule has 4 rings (SSSR count). The van der Waals surface area contributed by atoms with E-state index in [4.69, 9.17) is 21.1 Å². The zero-order chi connectivity index (χ0) is 34.0. The molecule has 0 fully saturated rings. The molecule has 4 aromatic rings. The molecule has 0 aliphatic heterocycles. The molecular formula is C28H29ClF4N8O5. The van der Waals surface area contributed by atoms with Crippen molar-refractivity contribution in [1.82, 2.24) is 29.0 Å². The molecular weight excluding hydrogens is 640 g/mol. The van der Waals surface area contributed by atoms with Crippen LogP contribution >= 0.6 is 11.6 Å². The van der Waals surface area contributed by atoms with Gasteiger partial charge in [-0.2, -0.15) is 18.2 Å². The quantitative estimate of drug-likeness (QED) is 0.224. The third-order valence-corrected chi connectivity index (χ3v) is 6.49. The molecule has 0 aliphatic carbocycles. The number of hydrogen-bond acceptors (Lipinski definition) is 9. The van der Waals surface area contributed by atoms with Gasteiger partial charge in [-0.25, -0.2) is 19.2 Å². The van der Waals surface area contributed by atoms with Gasteiger partial charge in [0, 0.05) is 32.6 Å². The van der Waals surface area contributed by atoms with Crippen molar-refractivity contribution < 1.29 is 36.6 Å². The molecule has 0 aromatic carbocycles. The van der Waals surface area contributed by atoms with E-state index in [1.54, 1.807) is 20.8 Å². The lowest BCUT2D eigenvalue weighted by atomic mass is 10.2. The Kier molecular flexibility index (Phi) is 9.74. The average Bonchev–Trinajstić information content (AvgIpc) is 3.26. The summed E-state index contributed by atoms with van der Waals surface area (Å²) < 4.78 is 66.3. The molecule has 246 valence electrons. The highest BCUT2D eigenvalue weighted by Crippen LogP contribution is 2.36. The van der Waals surface area contributed by atoms with Crippen molar-refractivity contribution in [3.8, 4) is 11.5 Å². The van der Waals surface area contributed by atoms with E-state index in [2.05, 4.69) is 25.6 Å². The summed E-state index contributed by atoms with van der Waals surface area (Å²) in [6, 6.07) is 3.51. The number of rotatable bonds is 9. The predicted octanol–water partition coefficient (Wildman–Crippen LogP) is 5.42. The van der Waals surface area contributed by atoms with Gasteiger partial charge in [0.15, 0.2) is 11.4 Å². The second kappa shape index (κ2) is 13.2. The van der Waals surface area contributed by atoms with Crippen LogP contribution in [0.4, 0.5) is 39.8 Å². The lowest BCUT2D eigenvalue weighted by molar-refractivity contribution is -0.138. The Labute approximate surface area is 264 Å². The van der Waals surface area contributed by atoms with Crippen LogP contribution in [-0.2, 0) is 29.8 Å². The Hall–Kier alpha value is -4.93. The van der Waals surface area contributed by atoms with E-state index in [-0.39, 0.29) is 51.7 Å². The number of aromatic nitrogens is 5. The minimum absolute atomic E-state index is 0.0138. The molecule has 2 amide bonds. The van der Waals surface area contributed by atoms with E-state index in [9.17, 15) is 31.9 Å². The van der Waals surface area contributed by atoms with Crippen molar-refractivity contribution in [3.63, 3.8) is 0 Å². The first-order valence-corrected chi connectivity index (χ1v) is 13.9. The van der Waals surface area contributed by atoms with E-state index in [0.717, 1.165) is 9.47 Å². The standard InChI is InChI=1S/C28H29ClF4N8O5/c1-27(2,3)46-26(44)41(9-7-30)14-20(42)37-19-11-16(6-8-34-19)45-18-12-35-23-22(21(18)29)40(5)25(38-23)36-17-10-15(28(31,32)33)13-39(4)24(17)43/h6,8,10-13H,7,9,14H2,1-5H3,(H,34,37,42)(H,35,36,38). The van der Waals surface area contributed by atoms with Crippen LogP contribution in [-0.4, -0.2) is 66.4 Å². The Morgan fingerprint density at radius 3 is 2.50 bits per heavy atom. The van der Waals surface area contributed by atoms with Crippen LogP contribution in [0.15, 0.2) is 41.6 Å². The van der Waals surface area contributed by atoms with Gasteiger partial charge in [-0.1, -0.05) is 11.6 Å². The molecule has 0 saturated heterocycles. The summed E-state index contributed by atoms with van der Waals surface area (Å²) in [7, 11) is 2.71. The Bertz CT molecular complexity index is 1840. The maximum atomic E-state index is 13.3. The third kappa shape index (κ3) is 8.01. The number of ether oxygens (including phenoxy) is 2. The summed E-state index contributed by atoms with van der Waals surface area (Å²) in [6.07, 6.45) is -2.25. The lowest BCUT2D eigenvalue weighted by Crippen LogP contribution is -2.42. The van der Waals surface area contributed by atoms with Crippen LogP contribution in [0.2, 0.25) is 5.02 Å². The van der Waals surface area contributed by atoms with Crippen LogP contribution < -0.4 is 20.9 Å². The van der Waals surface area contributed by atoms with Crippen molar-refractivity contribution in [1.29, 1.82) is 0 Å². The first-order chi connectivity index (χ1) is 21.5. The summed E-state index contributed by atoms with van der Waals surface area (Å²) in [6.45, 7) is 3.19. The lowest BCUT2D eigenvalue weighted by Gasteiger charge is -2.26. The highest BCUT2D eigenvalue weighted by atomic mass is 35.5. The van der Waals surface area contributed by atoms with Gasteiger partial charge >= 0.3 is 12.3 Å². The molecule has 18 heteroatoms. The molecule has 2 N–H and O–H groups in total. The Balaban J connectivity index is 1.53. The van der Waals surface area contributed by atoms with Crippen LogP contribution in [0.5, 0.6) is 11.5 Å². The molecule has 13 nitrogen and oxygen atoms in total. The minimum Gasteiger partial charge on any atom is -0.454 e. The number of imidazole rings is 1. The molecule has 46 heavy (non-hydrogen) atoms. The molecule has 0 spiro atoms. The number of carbonyl (C=O) groups excluding carboxylic acids is 2. The SMILES string of the molecule is Cn1cc(C(F)(F)F)cc(Nc2nc3ncc(Oc4ccnc(NC(=O)CN(CCF)C(=O)OC(C)(C)C)c4)c(Cl)c3n2C)c1=O. The van der Waals surface area contributed by atoms with Crippen LogP contribution in [0.3, 0.4) is 0 Å². The van der Waals surface area contributed by atoms with Crippen molar-refractivity contribution >= 4 is 52.2 Å². The van der Waals surface area contributed by atoms with Gasteiger partial charge in [0.1, 0.15) is 46.6 Å². The normalized spacial score (nSPS) is 11.8. The van der Waals surface area contributed by atoms with E-state index in [0.29, 0.717) is 12.3 Å².